The molecule has 0 saturated carbocycles. The number of nitrogens with zero attached hydrogens (tertiary/aromatic N) is 2. The lowest BCUT2D eigenvalue weighted by Gasteiger charge is -2.15. The number of benzene rings is 1. The van der Waals surface area contributed by atoms with E-state index in [1.165, 1.54) is 0 Å². The first-order chi connectivity index (χ1) is 10.8. The van der Waals surface area contributed by atoms with Gasteiger partial charge in [0.1, 0.15) is 0 Å². The number of aromatic nitrogens is 2. The second-order valence-corrected chi connectivity index (χ2v) is 7.84. The molecule has 7 nitrogen and oxygen atoms in total. The maximum absolute atomic E-state index is 12.4. The molecule has 0 spiro atoms. The van der Waals surface area contributed by atoms with Gasteiger partial charge in [0.25, 0.3) is 10.0 Å². The topological polar surface area (TPSA) is 101 Å². The highest BCUT2D eigenvalue weighted by molar-refractivity contribution is 7.91. The predicted octanol–water partition coefficient (Wildman–Crippen LogP) is 2.23. The summed E-state index contributed by atoms with van der Waals surface area (Å²) in [5.41, 5.74) is 1.89. The standard InChI is InChI=1S/C14H18N4O3S2/c1-4-12(19)15-13-16-17-14(22-13)23(20,21)18-10(3)11-8-6-5-7-9(11)2/h5-8,10,18H,4H2,1-3H3,(H,15,16,19). The average molecular weight is 354 g/mol. The van der Waals surface area contributed by atoms with E-state index in [1.54, 1.807) is 13.8 Å². The summed E-state index contributed by atoms with van der Waals surface area (Å²) >= 11 is 0.820. The fourth-order valence-electron chi connectivity index (χ4n) is 2.00. The molecular formula is C14H18N4O3S2. The van der Waals surface area contributed by atoms with E-state index in [0.29, 0.717) is 0 Å². The largest absolute Gasteiger partial charge is 0.301 e. The van der Waals surface area contributed by atoms with Crippen molar-refractivity contribution in [1.82, 2.24) is 14.9 Å². The second-order valence-electron chi connectivity index (χ2n) is 4.97. The van der Waals surface area contributed by atoms with Crippen molar-refractivity contribution >= 4 is 32.4 Å². The van der Waals surface area contributed by atoms with Crippen LogP contribution in [0.1, 0.15) is 37.4 Å². The first kappa shape index (κ1) is 17.5. The van der Waals surface area contributed by atoms with Crippen molar-refractivity contribution in [3.05, 3.63) is 35.4 Å². The normalized spacial score (nSPS) is 12.8. The molecule has 0 aliphatic heterocycles. The van der Waals surface area contributed by atoms with Crippen LogP contribution in [-0.4, -0.2) is 24.5 Å². The fraction of sp³-hybridized carbons (Fsp3) is 0.357. The Labute approximate surface area is 139 Å². The van der Waals surface area contributed by atoms with Crippen molar-refractivity contribution in [1.29, 1.82) is 0 Å². The van der Waals surface area contributed by atoms with Gasteiger partial charge in [-0.25, -0.2) is 13.1 Å². The summed E-state index contributed by atoms with van der Waals surface area (Å²) in [6.45, 7) is 5.38. The SMILES string of the molecule is CCC(=O)Nc1nnc(S(=O)(=O)NC(C)c2ccccc2C)s1. The lowest BCUT2D eigenvalue weighted by Crippen LogP contribution is -2.27. The summed E-state index contributed by atoms with van der Waals surface area (Å²) < 4.78 is 27.2. The van der Waals surface area contributed by atoms with Gasteiger partial charge in [0.15, 0.2) is 0 Å². The molecular weight excluding hydrogens is 336 g/mol. The van der Waals surface area contributed by atoms with E-state index in [4.69, 9.17) is 0 Å². The summed E-state index contributed by atoms with van der Waals surface area (Å²) in [5, 5.41) is 9.99. The molecule has 0 saturated heterocycles. The Hall–Kier alpha value is -1.84. The van der Waals surface area contributed by atoms with E-state index in [2.05, 4.69) is 20.2 Å². The van der Waals surface area contributed by atoms with Crippen molar-refractivity contribution in [2.45, 2.75) is 37.6 Å². The van der Waals surface area contributed by atoms with Crippen molar-refractivity contribution in [2.75, 3.05) is 5.32 Å². The number of hydrogen-bond donors (Lipinski definition) is 2. The number of rotatable bonds is 6. The van der Waals surface area contributed by atoms with Crippen LogP contribution in [0.15, 0.2) is 28.6 Å². The molecule has 2 rings (SSSR count). The second kappa shape index (κ2) is 7.16. The molecule has 0 aliphatic carbocycles. The molecule has 23 heavy (non-hydrogen) atoms. The van der Waals surface area contributed by atoms with Crippen LogP contribution in [0.25, 0.3) is 0 Å². The van der Waals surface area contributed by atoms with E-state index >= 15 is 0 Å². The minimum atomic E-state index is -3.80. The maximum atomic E-state index is 12.4. The van der Waals surface area contributed by atoms with E-state index in [0.717, 1.165) is 22.5 Å². The van der Waals surface area contributed by atoms with Gasteiger partial charge in [-0.3, -0.25) is 4.79 Å². The third kappa shape index (κ3) is 4.34. The van der Waals surface area contributed by atoms with Crippen molar-refractivity contribution in [3.8, 4) is 0 Å². The Morgan fingerprint density at radius 1 is 1.30 bits per heavy atom. The molecule has 1 amide bonds. The summed E-state index contributed by atoms with van der Waals surface area (Å²) in [5.74, 6) is -0.244. The van der Waals surface area contributed by atoms with E-state index < -0.39 is 16.1 Å². The summed E-state index contributed by atoms with van der Waals surface area (Å²) in [7, 11) is -3.80. The van der Waals surface area contributed by atoms with Crippen LogP contribution in [0, 0.1) is 6.92 Å². The van der Waals surface area contributed by atoms with Crippen LogP contribution in [0.5, 0.6) is 0 Å². The van der Waals surface area contributed by atoms with E-state index in [1.807, 2.05) is 31.2 Å². The predicted molar refractivity (Wildman–Crippen MR) is 88.7 cm³/mol. The molecule has 1 unspecified atom stereocenters. The highest BCUT2D eigenvalue weighted by Crippen LogP contribution is 2.23. The van der Waals surface area contributed by atoms with Crippen molar-refractivity contribution < 1.29 is 13.2 Å². The number of hydrogen-bond acceptors (Lipinski definition) is 6. The van der Waals surface area contributed by atoms with Gasteiger partial charge < -0.3 is 5.32 Å². The maximum Gasteiger partial charge on any atom is 0.270 e. The third-order valence-corrected chi connectivity index (χ3v) is 5.94. The van der Waals surface area contributed by atoms with Gasteiger partial charge in [0.2, 0.25) is 15.4 Å². The molecule has 2 aromatic rings. The number of carbonyl (C=O) groups excluding carboxylic acids is 1. The van der Waals surface area contributed by atoms with Gasteiger partial charge in [-0.15, -0.1) is 10.2 Å². The Morgan fingerprint density at radius 2 is 2.00 bits per heavy atom. The smallest absolute Gasteiger partial charge is 0.270 e. The van der Waals surface area contributed by atoms with Crippen LogP contribution in [-0.2, 0) is 14.8 Å². The van der Waals surface area contributed by atoms with Crippen LogP contribution in [0.4, 0.5) is 5.13 Å². The molecule has 1 aromatic heterocycles. The van der Waals surface area contributed by atoms with Crippen LogP contribution in [0.2, 0.25) is 0 Å². The van der Waals surface area contributed by atoms with Crippen LogP contribution < -0.4 is 10.0 Å². The average Bonchev–Trinajstić information content (AvgIpc) is 2.96. The molecule has 1 atom stereocenters. The summed E-state index contributed by atoms with van der Waals surface area (Å²) in [6, 6.07) is 7.14. The number of amides is 1. The molecule has 0 aliphatic rings. The first-order valence-electron chi connectivity index (χ1n) is 7.04. The molecule has 1 heterocycles. The molecule has 2 N–H and O–H groups in total. The minimum absolute atomic E-state index is 0.167. The summed E-state index contributed by atoms with van der Waals surface area (Å²) in [4.78, 5) is 11.3. The fourth-order valence-corrected chi connectivity index (χ4v) is 4.15. The number of aryl methyl sites for hydroxylation is 1. The van der Waals surface area contributed by atoms with Gasteiger partial charge in [0, 0.05) is 12.5 Å². The molecule has 0 fully saturated rings. The number of nitrogens with one attached hydrogen (secondary N) is 2. The minimum Gasteiger partial charge on any atom is -0.301 e. The van der Waals surface area contributed by atoms with Gasteiger partial charge >= 0.3 is 0 Å². The van der Waals surface area contributed by atoms with Crippen LogP contribution in [0.3, 0.4) is 0 Å². The highest BCUT2D eigenvalue weighted by Gasteiger charge is 2.24. The zero-order valence-corrected chi connectivity index (χ0v) is 14.7. The van der Waals surface area contributed by atoms with E-state index in [9.17, 15) is 13.2 Å². The van der Waals surface area contributed by atoms with Gasteiger partial charge in [0.05, 0.1) is 0 Å². The molecule has 1 aromatic carbocycles. The Balaban J connectivity index is 2.16. The van der Waals surface area contributed by atoms with Gasteiger partial charge in [-0.05, 0) is 25.0 Å². The quantitative estimate of drug-likeness (QED) is 0.775. The van der Waals surface area contributed by atoms with E-state index in [-0.39, 0.29) is 21.8 Å². The van der Waals surface area contributed by atoms with Crippen molar-refractivity contribution in [3.63, 3.8) is 0 Å². The zero-order valence-electron chi connectivity index (χ0n) is 13.0. The van der Waals surface area contributed by atoms with Crippen LogP contribution >= 0.6 is 11.3 Å². The first-order valence-corrected chi connectivity index (χ1v) is 9.34. The lowest BCUT2D eigenvalue weighted by atomic mass is 10.0. The lowest BCUT2D eigenvalue weighted by molar-refractivity contribution is -0.115. The Bertz CT molecular complexity index is 802. The molecule has 124 valence electrons. The van der Waals surface area contributed by atoms with Gasteiger partial charge in [-0.1, -0.05) is 42.5 Å². The van der Waals surface area contributed by atoms with Crippen molar-refractivity contribution in [2.24, 2.45) is 0 Å². The molecule has 0 bridgehead atoms. The third-order valence-electron chi connectivity index (χ3n) is 3.19. The summed E-state index contributed by atoms with van der Waals surface area (Å²) in [6.07, 6.45) is 0.282. The molecule has 0 radical (unpaired) electrons. The Morgan fingerprint density at radius 3 is 2.65 bits per heavy atom. The monoisotopic (exact) mass is 354 g/mol. The number of carbonyl (C=O) groups is 1. The zero-order chi connectivity index (χ0) is 17.0. The molecule has 9 heteroatoms. The van der Waals surface area contributed by atoms with Gasteiger partial charge in [-0.2, -0.15) is 0 Å². The highest BCUT2D eigenvalue weighted by atomic mass is 32.2. The Kier molecular flexibility index (Phi) is 5.45. The number of anilines is 1. The number of sulfonamides is 1.